The van der Waals surface area contributed by atoms with Crippen LogP contribution in [0.4, 0.5) is 11.4 Å². The van der Waals surface area contributed by atoms with Crippen molar-refractivity contribution in [1.29, 1.82) is 0 Å². The Bertz CT molecular complexity index is 358. The summed E-state index contributed by atoms with van der Waals surface area (Å²) in [5.74, 6) is 0.740. The van der Waals surface area contributed by atoms with Crippen LogP contribution in [-0.2, 0) is 4.84 Å². The largest absolute Gasteiger partial charge is 0.494 e. The van der Waals surface area contributed by atoms with Crippen molar-refractivity contribution in [1.82, 2.24) is 0 Å². The van der Waals surface area contributed by atoms with Gasteiger partial charge in [-0.15, -0.1) is 0 Å². The molecule has 0 heterocycles. The summed E-state index contributed by atoms with van der Waals surface area (Å²) < 4.78 is 5.31. The topological polar surface area (TPSA) is 68.5 Å². The Morgan fingerprint density at radius 1 is 1.33 bits per heavy atom. The smallest absolute Gasteiger partial charge is 0.146 e. The Morgan fingerprint density at radius 3 is 2.67 bits per heavy atom. The van der Waals surface area contributed by atoms with Gasteiger partial charge in [0.1, 0.15) is 11.4 Å². The summed E-state index contributed by atoms with van der Waals surface area (Å²) in [6.45, 7) is 2.83. The fourth-order valence-electron chi connectivity index (χ4n) is 1.79. The number of nitrogens with two attached hydrogens (primary N) is 1. The number of benzene rings is 1. The predicted molar refractivity (Wildman–Crippen MR) is 75.0 cm³/mol. The highest BCUT2D eigenvalue weighted by molar-refractivity contribution is 5.63. The van der Waals surface area contributed by atoms with Gasteiger partial charge in [0.2, 0.25) is 0 Å². The van der Waals surface area contributed by atoms with E-state index in [0.29, 0.717) is 12.6 Å². The van der Waals surface area contributed by atoms with Crippen molar-refractivity contribution in [3.05, 3.63) is 18.2 Å². The van der Waals surface area contributed by atoms with Crippen molar-refractivity contribution in [2.45, 2.75) is 25.8 Å². The summed E-state index contributed by atoms with van der Waals surface area (Å²) >= 11 is 0. The highest BCUT2D eigenvalue weighted by atomic mass is 16.6. The number of anilines is 2. The second kappa shape index (κ2) is 7.79. The Morgan fingerprint density at radius 2 is 2.11 bits per heavy atom. The highest BCUT2D eigenvalue weighted by Crippen LogP contribution is 2.28. The van der Waals surface area contributed by atoms with E-state index in [9.17, 15) is 0 Å². The van der Waals surface area contributed by atoms with Crippen LogP contribution in [0, 0.1) is 0 Å². The third kappa shape index (κ3) is 4.09. The zero-order valence-electron chi connectivity index (χ0n) is 11.3. The van der Waals surface area contributed by atoms with Gasteiger partial charge in [-0.05, 0) is 31.5 Å². The summed E-state index contributed by atoms with van der Waals surface area (Å²) in [5.41, 5.74) is 10.2. The van der Waals surface area contributed by atoms with E-state index in [4.69, 9.17) is 15.3 Å². The first-order chi connectivity index (χ1) is 8.74. The molecule has 0 aliphatic carbocycles. The van der Waals surface area contributed by atoms with Crippen LogP contribution in [0.5, 0.6) is 5.75 Å². The molecule has 0 aliphatic rings. The Balaban J connectivity index is 2.77. The first kappa shape index (κ1) is 14.6. The van der Waals surface area contributed by atoms with Crippen molar-refractivity contribution in [2.24, 2.45) is 5.73 Å². The third-order valence-corrected chi connectivity index (χ3v) is 2.79. The number of rotatable bonds is 8. The molecule has 0 aromatic heterocycles. The molecule has 4 N–H and O–H groups in total. The molecule has 1 unspecified atom stereocenters. The molecule has 5 heteroatoms. The van der Waals surface area contributed by atoms with Gasteiger partial charge in [-0.3, -0.25) is 10.3 Å². The lowest BCUT2D eigenvalue weighted by Gasteiger charge is -2.19. The maximum Gasteiger partial charge on any atom is 0.146 e. The zero-order chi connectivity index (χ0) is 13.4. The van der Waals surface area contributed by atoms with Gasteiger partial charge in [-0.25, -0.2) is 0 Å². The van der Waals surface area contributed by atoms with Crippen molar-refractivity contribution >= 4 is 11.4 Å². The SMILES string of the molecule is CCC(CCN)Nc1ccc(NOC)c(OC)c1. The van der Waals surface area contributed by atoms with Crippen LogP contribution in [0.1, 0.15) is 19.8 Å². The third-order valence-electron chi connectivity index (χ3n) is 2.79. The van der Waals surface area contributed by atoms with Crippen LogP contribution in [0.3, 0.4) is 0 Å². The Kier molecular flexibility index (Phi) is 6.32. The number of hydrogen-bond acceptors (Lipinski definition) is 5. The van der Waals surface area contributed by atoms with Crippen LogP contribution in [0.15, 0.2) is 18.2 Å². The number of ether oxygens (including phenoxy) is 1. The number of nitrogens with one attached hydrogen (secondary N) is 2. The van der Waals surface area contributed by atoms with E-state index in [2.05, 4.69) is 17.7 Å². The van der Waals surface area contributed by atoms with E-state index in [1.165, 1.54) is 0 Å². The van der Waals surface area contributed by atoms with Crippen LogP contribution in [-0.4, -0.2) is 26.8 Å². The first-order valence-corrected chi connectivity index (χ1v) is 6.18. The summed E-state index contributed by atoms with van der Waals surface area (Å²) in [5, 5.41) is 3.45. The summed E-state index contributed by atoms with van der Waals surface area (Å²) in [7, 11) is 3.21. The number of hydrogen-bond donors (Lipinski definition) is 3. The van der Waals surface area contributed by atoms with Gasteiger partial charge >= 0.3 is 0 Å². The molecule has 0 saturated carbocycles. The molecular weight excluding hydrogens is 230 g/mol. The van der Waals surface area contributed by atoms with Gasteiger partial charge in [0.15, 0.2) is 0 Å². The van der Waals surface area contributed by atoms with E-state index in [1.54, 1.807) is 14.2 Å². The van der Waals surface area contributed by atoms with E-state index in [0.717, 1.165) is 30.0 Å². The minimum absolute atomic E-state index is 0.390. The van der Waals surface area contributed by atoms with Crippen LogP contribution < -0.4 is 21.3 Å². The van der Waals surface area contributed by atoms with Crippen LogP contribution in [0.25, 0.3) is 0 Å². The molecule has 1 atom stereocenters. The van der Waals surface area contributed by atoms with E-state index < -0.39 is 0 Å². The molecule has 102 valence electrons. The fraction of sp³-hybridized carbons (Fsp3) is 0.538. The summed E-state index contributed by atoms with van der Waals surface area (Å²) in [4.78, 5) is 4.88. The fourth-order valence-corrected chi connectivity index (χ4v) is 1.79. The zero-order valence-corrected chi connectivity index (χ0v) is 11.3. The van der Waals surface area contributed by atoms with E-state index in [-0.39, 0.29) is 0 Å². The predicted octanol–water partition coefficient (Wildman–Crippen LogP) is 2.21. The second-order valence-corrected chi connectivity index (χ2v) is 4.05. The molecule has 0 aliphatic heterocycles. The van der Waals surface area contributed by atoms with Gasteiger partial charge in [0, 0.05) is 17.8 Å². The van der Waals surface area contributed by atoms with Gasteiger partial charge < -0.3 is 15.8 Å². The maximum atomic E-state index is 5.59. The normalized spacial score (nSPS) is 12.0. The Hall–Kier alpha value is -1.46. The standard InChI is InChI=1S/C13H23N3O2/c1-4-10(7-8-14)15-11-5-6-12(16-18-3)13(9-11)17-2/h5-6,9-10,15-16H,4,7-8,14H2,1-3H3. The lowest BCUT2D eigenvalue weighted by molar-refractivity contribution is 0.268. The highest BCUT2D eigenvalue weighted by Gasteiger charge is 2.08. The average Bonchev–Trinajstić information content (AvgIpc) is 2.40. The molecule has 5 nitrogen and oxygen atoms in total. The Labute approximate surface area is 109 Å². The van der Waals surface area contributed by atoms with Crippen LogP contribution in [0.2, 0.25) is 0 Å². The second-order valence-electron chi connectivity index (χ2n) is 4.05. The quantitative estimate of drug-likeness (QED) is 0.620. The van der Waals surface area contributed by atoms with Crippen molar-refractivity contribution < 1.29 is 9.57 Å². The molecule has 0 radical (unpaired) electrons. The van der Waals surface area contributed by atoms with Crippen molar-refractivity contribution in [3.63, 3.8) is 0 Å². The molecule has 0 amide bonds. The van der Waals surface area contributed by atoms with Gasteiger partial charge in [0.05, 0.1) is 14.2 Å². The summed E-state index contributed by atoms with van der Waals surface area (Å²) in [6.07, 6.45) is 1.99. The summed E-state index contributed by atoms with van der Waals surface area (Å²) in [6, 6.07) is 6.24. The molecule has 0 fully saturated rings. The lowest BCUT2D eigenvalue weighted by atomic mass is 10.1. The first-order valence-electron chi connectivity index (χ1n) is 6.18. The molecule has 0 spiro atoms. The average molecular weight is 253 g/mol. The molecule has 0 bridgehead atoms. The lowest BCUT2D eigenvalue weighted by Crippen LogP contribution is -2.22. The maximum absolute atomic E-state index is 5.59. The van der Waals surface area contributed by atoms with Crippen molar-refractivity contribution in [2.75, 3.05) is 31.6 Å². The molecule has 18 heavy (non-hydrogen) atoms. The van der Waals surface area contributed by atoms with Crippen molar-refractivity contribution in [3.8, 4) is 5.75 Å². The van der Waals surface area contributed by atoms with Gasteiger partial charge in [-0.1, -0.05) is 6.92 Å². The van der Waals surface area contributed by atoms with Gasteiger partial charge in [0.25, 0.3) is 0 Å². The molecule has 0 saturated heterocycles. The molecule has 1 aromatic carbocycles. The van der Waals surface area contributed by atoms with E-state index in [1.807, 2.05) is 18.2 Å². The molecular formula is C13H23N3O2. The van der Waals surface area contributed by atoms with Crippen LogP contribution >= 0.6 is 0 Å². The minimum Gasteiger partial charge on any atom is -0.494 e. The molecule has 1 rings (SSSR count). The number of methoxy groups -OCH3 is 1. The minimum atomic E-state index is 0.390. The monoisotopic (exact) mass is 253 g/mol. The van der Waals surface area contributed by atoms with E-state index >= 15 is 0 Å². The van der Waals surface area contributed by atoms with Gasteiger partial charge in [-0.2, -0.15) is 0 Å². The molecule has 1 aromatic rings.